The van der Waals surface area contributed by atoms with Crippen molar-refractivity contribution in [2.75, 3.05) is 24.6 Å². The minimum atomic E-state index is 0.355. The molecular weight excluding hydrogens is 386 g/mol. The molecule has 2 aliphatic rings. The lowest BCUT2D eigenvalue weighted by molar-refractivity contribution is 0.275. The monoisotopic (exact) mass is 411 g/mol. The summed E-state index contributed by atoms with van der Waals surface area (Å²) in [7, 11) is 0. The van der Waals surface area contributed by atoms with Crippen molar-refractivity contribution < 1.29 is 4.74 Å². The standard InChI is InChI=1S/C22H26ClN5O/c1-14-9-21(25-13-20(14)23)28-6-3-16(4-7-28)19-10-17(19)5-8-29-22-11-18(12-24)26-15(2)27-22/h9,11,13,16-17,19H,3-8,10H2,1-2H3/t17-,19-/m1/s1. The maximum atomic E-state index is 9.00. The van der Waals surface area contributed by atoms with Crippen LogP contribution in [-0.4, -0.2) is 34.6 Å². The van der Waals surface area contributed by atoms with Gasteiger partial charge in [0.05, 0.1) is 11.6 Å². The minimum Gasteiger partial charge on any atom is -0.478 e. The molecule has 3 heterocycles. The molecule has 29 heavy (non-hydrogen) atoms. The molecule has 0 amide bonds. The highest BCUT2D eigenvalue weighted by Gasteiger charge is 2.43. The Kier molecular flexibility index (Phi) is 5.86. The summed E-state index contributed by atoms with van der Waals surface area (Å²) in [5.74, 6) is 4.49. The van der Waals surface area contributed by atoms with Crippen molar-refractivity contribution in [3.63, 3.8) is 0 Å². The molecule has 0 aromatic carbocycles. The fourth-order valence-electron chi connectivity index (χ4n) is 4.42. The van der Waals surface area contributed by atoms with Crippen molar-refractivity contribution in [2.45, 2.75) is 39.5 Å². The van der Waals surface area contributed by atoms with Gasteiger partial charge in [-0.25, -0.2) is 9.97 Å². The molecule has 1 aliphatic carbocycles. The number of aryl methyl sites for hydroxylation is 2. The van der Waals surface area contributed by atoms with Crippen molar-refractivity contribution in [3.05, 3.63) is 40.4 Å². The second-order valence-electron chi connectivity index (χ2n) is 8.16. The zero-order chi connectivity index (χ0) is 20.4. The molecule has 1 saturated heterocycles. The number of hydrogen-bond donors (Lipinski definition) is 0. The highest BCUT2D eigenvalue weighted by atomic mass is 35.5. The molecule has 6 nitrogen and oxygen atoms in total. The Morgan fingerprint density at radius 3 is 2.76 bits per heavy atom. The fraction of sp³-hybridized carbons (Fsp3) is 0.545. The first kappa shape index (κ1) is 19.9. The Morgan fingerprint density at radius 1 is 1.24 bits per heavy atom. The third-order valence-corrected chi connectivity index (χ3v) is 6.54. The third-order valence-electron chi connectivity index (χ3n) is 6.15. The maximum Gasteiger partial charge on any atom is 0.217 e. The van der Waals surface area contributed by atoms with E-state index in [1.165, 1.54) is 19.3 Å². The first-order chi connectivity index (χ1) is 14.0. The van der Waals surface area contributed by atoms with E-state index in [0.29, 0.717) is 24.0 Å². The lowest BCUT2D eigenvalue weighted by Crippen LogP contribution is -2.35. The van der Waals surface area contributed by atoms with Gasteiger partial charge < -0.3 is 9.64 Å². The normalized spacial score (nSPS) is 21.7. The van der Waals surface area contributed by atoms with E-state index in [0.717, 1.165) is 53.7 Å². The summed E-state index contributed by atoms with van der Waals surface area (Å²) < 4.78 is 5.78. The second kappa shape index (κ2) is 8.54. The predicted molar refractivity (Wildman–Crippen MR) is 112 cm³/mol. The number of aromatic nitrogens is 3. The Bertz CT molecular complexity index is 920. The summed E-state index contributed by atoms with van der Waals surface area (Å²) >= 11 is 6.10. The summed E-state index contributed by atoms with van der Waals surface area (Å²) in [5.41, 5.74) is 1.44. The summed E-state index contributed by atoms with van der Waals surface area (Å²) in [6.07, 6.45) is 6.56. The van der Waals surface area contributed by atoms with E-state index in [1.807, 2.05) is 13.0 Å². The summed E-state index contributed by atoms with van der Waals surface area (Å²) in [4.78, 5) is 15.2. The van der Waals surface area contributed by atoms with Crippen molar-refractivity contribution >= 4 is 17.4 Å². The molecule has 1 saturated carbocycles. The molecule has 0 N–H and O–H groups in total. The van der Waals surface area contributed by atoms with Crippen LogP contribution in [0, 0.1) is 42.9 Å². The number of halogens is 1. The van der Waals surface area contributed by atoms with E-state index < -0.39 is 0 Å². The highest BCUT2D eigenvalue weighted by molar-refractivity contribution is 6.31. The van der Waals surface area contributed by atoms with Crippen molar-refractivity contribution in [3.8, 4) is 11.9 Å². The first-order valence-corrected chi connectivity index (χ1v) is 10.7. The van der Waals surface area contributed by atoms with E-state index >= 15 is 0 Å². The molecule has 0 radical (unpaired) electrons. The molecule has 1 aliphatic heterocycles. The van der Waals surface area contributed by atoms with Crippen molar-refractivity contribution in [1.82, 2.24) is 15.0 Å². The van der Waals surface area contributed by atoms with E-state index in [-0.39, 0.29) is 0 Å². The SMILES string of the molecule is Cc1nc(C#N)cc(OCC[C@@H]2C[C@@H]2C2CCN(c3cc(C)c(Cl)cn3)CC2)n1. The number of nitriles is 1. The zero-order valence-corrected chi connectivity index (χ0v) is 17.7. The lowest BCUT2D eigenvalue weighted by Gasteiger charge is -2.33. The van der Waals surface area contributed by atoms with Gasteiger partial charge in [-0.1, -0.05) is 11.6 Å². The number of nitrogens with zero attached hydrogens (tertiary/aromatic N) is 5. The number of ether oxygens (including phenoxy) is 1. The van der Waals surface area contributed by atoms with Crippen LogP contribution in [0.3, 0.4) is 0 Å². The van der Waals surface area contributed by atoms with Gasteiger partial charge in [-0.3, -0.25) is 0 Å². The highest BCUT2D eigenvalue weighted by Crippen LogP contribution is 2.49. The van der Waals surface area contributed by atoms with Crippen LogP contribution in [0.25, 0.3) is 0 Å². The average Bonchev–Trinajstić information content (AvgIpc) is 3.49. The molecule has 7 heteroatoms. The molecule has 2 fully saturated rings. The molecule has 152 valence electrons. The quantitative estimate of drug-likeness (QED) is 0.704. The van der Waals surface area contributed by atoms with Crippen LogP contribution >= 0.6 is 11.6 Å². The lowest BCUT2D eigenvalue weighted by atomic mass is 9.90. The third kappa shape index (κ3) is 4.79. The number of rotatable bonds is 6. The smallest absolute Gasteiger partial charge is 0.217 e. The molecule has 0 spiro atoms. The Morgan fingerprint density at radius 2 is 2.03 bits per heavy atom. The predicted octanol–water partition coefficient (Wildman–Crippen LogP) is 4.34. The van der Waals surface area contributed by atoms with Gasteiger partial charge in [0.15, 0.2) is 0 Å². The molecule has 2 aromatic heterocycles. The van der Waals surface area contributed by atoms with Gasteiger partial charge in [-0.2, -0.15) is 10.2 Å². The summed E-state index contributed by atoms with van der Waals surface area (Å²) in [6, 6.07) is 5.75. The van der Waals surface area contributed by atoms with Crippen molar-refractivity contribution in [1.29, 1.82) is 5.26 Å². The average molecular weight is 412 g/mol. The van der Waals surface area contributed by atoms with Gasteiger partial charge in [-0.05, 0) is 68.9 Å². The fourth-order valence-corrected chi connectivity index (χ4v) is 4.52. The van der Waals surface area contributed by atoms with Crippen LogP contribution < -0.4 is 9.64 Å². The zero-order valence-electron chi connectivity index (χ0n) is 16.9. The topological polar surface area (TPSA) is 74.9 Å². The molecule has 0 unspecified atom stereocenters. The maximum absolute atomic E-state index is 9.00. The van der Waals surface area contributed by atoms with Gasteiger partial charge in [0.25, 0.3) is 0 Å². The van der Waals surface area contributed by atoms with Crippen LogP contribution in [0.4, 0.5) is 5.82 Å². The van der Waals surface area contributed by atoms with Crippen LogP contribution in [-0.2, 0) is 0 Å². The number of hydrogen-bond acceptors (Lipinski definition) is 6. The Balaban J connectivity index is 1.21. The van der Waals surface area contributed by atoms with E-state index in [4.69, 9.17) is 21.6 Å². The van der Waals surface area contributed by atoms with Gasteiger partial charge in [-0.15, -0.1) is 0 Å². The number of anilines is 1. The van der Waals surface area contributed by atoms with Gasteiger partial charge >= 0.3 is 0 Å². The largest absolute Gasteiger partial charge is 0.478 e. The summed E-state index contributed by atoms with van der Waals surface area (Å²) in [6.45, 7) is 6.58. The molecular formula is C22H26ClN5O. The van der Waals surface area contributed by atoms with Crippen LogP contribution in [0.5, 0.6) is 5.88 Å². The molecule has 0 bridgehead atoms. The molecule has 4 rings (SSSR count). The van der Waals surface area contributed by atoms with E-state index in [2.05, 4.69) is 25.9 Å². The molecule has 2 atom stereocenters. The van der Waals surface area contributed by atoms with Crippen LogP contribution in [0.15, 0.2) is 18.3 Å². The van der Waals surface area contributed by atoms with E-state index in [1.54, 1.807) is 19.2 Å². The second-order valence-corrected chi connectivity index (χ2v) is 8.57. The Hall–Kier alpha value is -2.39. The first-order valence-electron chi connectivity index (χ1n) is 10.3. The van der Waals surface area contributed by atoms with Crippen LogP contribution in [0.1, 0.15) is 42.8 Å². The summed E-state index contributed by atoms with van der Waals surface area (Å²) in [5, 5.41) is 9.73. The van der Waals surface area contributed by atoms with Crippen molar-refractivity contribution in [2.24, 2.45) is 17.8 Å². The molecule has 2 aromatic rings. The number of piperidine rings is 1. The number of pyridine rings is 1. The Labute approximate surface area is 176 Å². The van der Waals surface area contributed by atoms with Gasteiger partial charge in [0.2, 0.25) is 5.88 Å². The van der Waals surface area contributed by atoms with Gasteiger partial charge in [0.1, 0.15) is 23.4 Å². The van der Waals surface area contributed by atoms with Crippen LogP contribution in [0.2, 0.25) is 5.02 Å². The van der Waals surface area contributed by atoms with Gasteiger partial charge in [0, 0.05) is 25.4 Å². The minimum absolute atomic E-state index is 0.355. The van der Waals surface area contributed by atoms with E-state index in [9.17, 15) is 0 Å².